The molecular weight excluding hydrogens is 432 g/mol. The van der Waals surface area contributed by atoms with Gasteiger partial charge in [-0.05, 0) is 62.4 Å². The summed E-state index contributed by atoms with van der Waals surface area (Å²) in [7, 11) is 0. The number of carbonyl (C=O) groups excluding carboxylic acids is 1. The van der Waals surface area contributed by atoms with Crippen LogP contribution in [-0.2, 0) is 13.1 Å². The van der Waals surface area contributed by atoms with Crippen LogP contribution in [0.5, 0.6) is 0 Å². The summed E-state index contributed by atoms with van der Waals surface area (Å²) in [5.74, 6) is 1.21. The van der Waals surface area contributed by atoms with Crippen molar-refractivity contribution in [3.8, 4) is 0 Å². The molecule has 5 nitrogen and oxygen atoms in total. The number of aldehydes is 1. The molecule has 5 heteroatoms. The minimum atomic E-state index is -0.0476. The number of likely N-dealkylation sites (N-methyl/N-ethyl adjacent to an activating group) is 1. The minimum Gasteiger partial charge on any atom is -0.399 e. The molecule has 2 saturated heterocycles. The first-order chi connectivity index (χ1) is 16.8. The van der Waals surface area contributed by atoms with E-state index in [1.807, 2.05) is 12.1 Å². The third-order valence-electron chi connectivity index (χ3n) is 8.23. The van der Waals surface area contributed by atoms with Crippen molar-refractivity contribution < 1.29 is 4.79 Å². The van der Waals surface area contributed by atoms with Crippen LogP contribution in [0.25, 0.3) is 0 Å². The second kappa shape index (κ2) is 8.87. The van der Waals surface area contributed by atoms with Crippen LogP contribution in [0.3, 0.4) is 0 Å². The first-order valence-corrected chi connectivity index (χ1v) is 12.9. The Morgan fingerprint density at radius 2 is 1.80 bits per heavy atom. The van der Waals surface area contributed by atoms with Gasteiger partial charge in [0.05, 0.1) is 5.54 Å². The molecule has 1 spiro atoms. The fraction of sp³-hybridized carbons (Fsp3) is 0.433. The van der Waals surface area contributed by atoms with Gasteiger partial charge in [-0.1, -0.05) is 48.9 Å². The molecule has 35 heavy (non-hydrogen) atoms. The van der Waals surface area contributed by atoms with E-state index in [1.54, 1.807) is 0 Å². The van der Waals surface area contributed by atoms with Crippen molar-refractivity contribution in [1.82, 2.24) is 14.7 Å². The molecule has 0 unspecified atom stereocenters. The largest absolute Gasteiger partial charge is 0.399 e. The number of aryl methyl sites for hydroxylation is 2. The predicted molar refractivity (Wildman–Crippen MR) is 143 cm³/mol. The van der Waals surface area contributed by atoms with Gasteiger partial charge in [0.2, 0.25) is 0 Å². The number of allylic oxidation sites excluding steroid dienone is 1. The Morgan fingerprint density at radius 3 is 2.43 bits per heavy atom. The van der Waals surface area contributed by atoms with Crippen LogP contribution in [0.2, 0.25) is 0 Å². The lowest BCUT2D eigenvalue weighted by Gasteiger charge is -2.45. The van der Waals surface area contributed by atoms with Crippen molar-refractivity contribution >= 4 is 12.0 Å². The first-order valence-electron chi connectivity index (χ1n) is 12.9. The summed E-state index contributed by atoms with van der Waals surface area (Å²) < 4.78 is 0. The van der Waals surface area contributed by atoms with E-state index < -0.39 is 0 Å². The maximum absolute atomic E-state index is 11.9. The van der Waals surface area contributed by atoms with E-state index >= 15 is 0 Å². The molecule has 1 atom stereocenters. The van der Waals surface area contributed by atoms with Crippen LogP contribution in [0, 0.1) is 13.8 Å². The summed E-state index contributed by atoms with van der Waals surface area (Å²) in [6.07, 6.45) is 5.49. The molecule has 3 aliphatic rings. The molecule has 2 fully saturated rings. The SMILES string of the molecule is C=C1N2Cc3cc(N)cc(C=O)c3[C@@H](C)C=C2C2(CCN(Cc3cc(C)cc(C)c3)CC2)N1CC. The van der Waals surface area contributed by atoms with Gasteiger partial charge in [-0.25, -0.2) is 0 Å². The monoisotopic (exact) mass is 470 g/mol. The molecule has 5 rings (SSSR count). The number of piperidine rings is 1. The summed E-state index contributed by atoms with van der Waals surface area (Å²) in [6, 6.07) is 10.7. The zero-order valence-electron chi connectivity index (χ0n) is 21.6. The highest BCUT2D eigenvalue weighted by Gasteiger charge is 2.52. The lowest BCUT2D eigenvalue weighted by molar-refractivity contribution is 0.0890. The predicted octanol–water partition coefficient (Wildman–Crippen LogP) is 5.34. The molecule has 2 N–H and O–H groups in total. The van der Waals surface area contributed by atoms with Gasteiger partial charge in [-0.15, -0.1) is 0 Å². The molecule has 0 radical (unpaired) electrons. The van der Waals surface area contributed by atoms with Gasteiger partial charge in [0, 0.05) is 55.6 Å². The second-order valence-electron chi connectivity index (χ2n) is 10.7. The molecule has 0 aromatic heterocycles. The Labute approximate surface area is 209 Å². The van der Waals surface area contributed by atoms with Crippen LogP contribution in [0.15, 0.2) is 54.5 Å². The molecule has 184 valence electrons. The summed E-state index contributed by atoms with van der Waals surface area (Å²) in [4.78, 5) is 19.4. The number of likely N-dealkylation sites (tertiary alicyclic amines) is 1. The maximum atomic E-state index is 11.9. The van der Waals surface area contributed by atoms with E-state index in [0.29, 0.717) is 17.8 Å². The summed E-state index contributed by atoms with van der Waals surface area (Å²) in [5.41, 5.74) is 15.2. The topological polar surface area (TPSA) is 52.8 Å². The van der Waals surface area contributed by atoms with E-state index in [9.17, 15) is 4.79 Å². The van der Waals surface area contributed by atoms with Crippen molar-refractivity contribution in [3.63, 3.8) is 0 Å². The van der Waals surface area contributed by atoms with Crippen LogP contribution in [-0.4, -0.2) is 46.2 Å². The van der Waals surface area contributed by atoms with E-state index in [2.05, 4.69) is 73.2 Å². The third-order valence-corrected chi connectivity index (χ3v) is 8.23. The summed E-state index contributed by atoms with van der Waals surface area (Å²) in [5, 5.41) is 0. The first kappa shape index (κ1) is 23.7. The van der Waals surface area contributed by atoms with Gasteiger partial charge in [0.1, 0.15) is 12.1 Å². The highest BCUT2D eigenvalue weighted by atomic mass is 16.1. The minimum absolute atomic E-state index is 0.0476. The van der Waals surface area contributed by atoms with Crippen LogP contribution < -0.4 is 5.73 Å². The zero-order chi connectivity index (χ0) is 24.9. The number of carbonyl (C=O) groups is 1. The van der Waals surface area contributed by atoms with Gasteiger partial charge >= 0.3 is 0 Å². The number of nitrogen functional groups attached to an aromatic ring is 1. The average Bonchev–Trinajstić information content (AvgIpc) is 2.91. The Kier molecular flexibility index (Phi) is 6.00. The zero-order valence-corrected chi connectivity index (χ0v) is 21.6. The molecule has 0 saturated carbocycles. The molecule has 2 aromatic carbocycles. The Bertz CT molecular complexity index is 1180. The lowest BCUT2D eigenvalue weighted by Crippen LogP contribution is -2.52. The fourth-order valence-electron chi connectivity index (χ4n) is 6.89. The number of hydrogen-bond donors (Lipinski definition) is 1. The molecule has 0 bridgehead atoms. The number of hydrogen-bond acceptors (Lipinski definition) is 5. The second-order valence-corrected chi connectivity index (χ2v) is 10.7. The van der Waals surface area contributed by atoms with Gasteiger partial charge < -0.3 is 15.5 Å². The molecule has 0 amide bonds. The van der Waals surface area contributed by atoms with Gasteiger partial charge in [-0.3, -0.25) is 9.69 Å². The normalized spacial score (nSPS) is 21.5. The van der Waals surface area contributed by atoms with E-state index in [1.165, 1.54) is 22.4 Å². The highest BCUT2D eigenvalue weighted by molar-refractivity contribution is 5.81. The van der Waals surface area contributed by atoms with Crippen molar-refractivity contribution in [2.75, 3.05) is 25.4 Å². The van der Waals surface area contributed by atoms with E-state index in [0.717, 1.165) is 62.3 Å². The van der Waals surface area contributed by atoms with Crippen LogP contribution in [0.4, 0.5) is 5.69 Å². The number of nitrogens with two attached hydrogens (primary N) is 1. The van der Waals surface area contributed by atoms with E-state index in [-0.39, 0.29) is 11.5 Å². The molecular formula is C30H38N4O. The van der Waals surface area contributed by atoms with Crippen molar-refractivity contribution in [2.24, 2.45) is 0 Å². The van der Waals surface area contributed by atoms with Crippen LogP contribution >= 0.6 is 0 Å². The Balaban J connectivity index is 1.46. The standard InChI is InChI=1S/C30H38N4O/c1-6-34-23(5)33-18-25-15-27(31)16-26(19-35)29(25)22(4)14-28(33)30(34)7-9-32(10-8-30)17-24-12-20(2)11-21(3)13-24/h11-16,19,22H,5-10,17-18,31H2,1-4H3/t22-/m0/s1. The van der Waals surface area contributed by atoms with E-state index in [4.69, 9.17) is 5.73 Å². The maximum Gasteiger partial charge on any atom is 0.150 e. The molecule has 2 aromatic rings. The lowest BCUT2D eigenvalue weighted by atomic mass is 9.81. The molecule has 3 aliphatic heterocycles. The van der Waals surface area contributed by atoms with Crippen molar-refractivity contribution in [1.29, 1.82) is 0 Å². The fourth-order valence-corrected chi connectivity index (χ4v) is 6.89. The highest BCUT2D eigenvalue weighted by Crippen LogP contribution is 2.50. The number of anilines is 1. The van der Waals surface area contributed by atoms with Crippen molar-refractivity contribution in [3.05, 3.63) is 87.9 Å². The Hall–Kier alpha value is -3.05. The summed E-state index contributed by atoms with van der Waals surface area (Å²) in [6.45, 7) is 18.1. The van der Waals surface area contributed by atoms with Crippen LogP contribution in [0.1, 0.15) is 70.8 Å². The third kappa shape index (κ3) is 3.96. The Morgan fingerprint density at radius 1 is 1.11 bits per heavy atom. The molecule has 0 aliphatic carbocycles. The average molecular weight is 471 g/mol. The van der Waals surface area contributed by atoms with Gasteiger partial charge in [-0.2, -0.15) is 0 Å². The van der Waals surface area contributed by atoms with Crippen molar-refractivity contribution in [2.45, 2.75) is 65.1 Å². The number of benzene rings is 2. The number of rotatable bonds is 4. The number of fused-ring (bicyclic) bond motifs is 3. The summed E-state index contributed by atoms with van der Waals surface area (Å²) >= 11 is 0. The van der Waals surface area contributed by atoms with Gasteiger partial charge in [0.15, 0.2) is 0 Å². The molecule has 3 heterocycles. The smallest absolute Gasteiger partial charge is 0.150 e. The number of nitrogens with zero attached hydrogens (tertiary/aromatic N) is 3. The quantitative estimate of drug-likeness (QED) is 0.483. The van der Waals surface area contributed by atoms with Gasteiger partial charge in [0.25, 0.3) is 0 Å².